The molecule has 1 radical (unpaired) electrons. The molecule has 0 heterocycles. The van der Waals surface area contributed by atoms with Gasteiger partial charge in [0.1, 0.15) is 0 Å². The summed E-state index contributed by atoms with van der Waals surface area (Å²) in [5.74, 6) is 5.15. The standard InChI is InChI=1S/C10H14N/c1-3-5-7-9-11-10-8-6-4-2/h1-2H,5-10H2. The monoisotopic (exact) mass is 148 g/mol. The van der Waals surface area contributed by atoms with Crippen molar-refractivity contribution in [2.24, 2.45) is 0 Å². The van der Waals surface area contributed by atoms with E-state index in [1.54, 1.807) is 0 Å². The summed E-state index contributed by atoms with van der Waals surface area (Å²) in [6.45, 7) is 1.77. The van der Waals surface area contributed by atoms with Crippen LogP contribution in [-0.4, -0.2) is 13.1 Å². The minimum atomic E-state index is 0.832. The Morgan fingerprint density at radius 3 is 1.73 bits per heavy atom. The molecule has 0 aliphatic carbocycles. The first-order chi connectivity index (χ1) is 5.41. The molecule has 0 rings (SSSR count). The van der Waals surface area contributed by atoms with Crippen LogP contribution in [0.5, 0.6) is 0 Å². The number of rotatable bonds is 6. The first-order valence-corrected chi connectivity index (χ1v) is 3.92. The number of hydrogen-bond donors (Lipinski definition) is 0. The maximum Gasteiger partial charge on any atom is 0.0142 e. The van der Waals surface area contributed by atoms with Crippen LogP contribution in [0.1, 0.15) is 25.7 Å². The molecule has 0 N–H and O–H groups in total. The second-order valence-corrected chi connectivity index (χ2v) is 2.29. The summed E-state index contributed by atoms with van der Waals surface area (Å²) < 4.78 is 0. The summed E-state index contributed by atoms with van der Waals surface area (Å²) in [4.78, 5) is 0. The number of unbranched alkanes of at least 4 members (excludes halogenated alkanes) is 2. The third kappa shape index (κ3) is 9.08. The molecule has 0 aromatic heterocycles. The van der Waals surface area contributed by atoms with Crippen molar-refractivity contribution in [1.82, 2.24) is 5.32 Å². The van der Waals surface area contributed by atoms with Gasteiger partial charge >= 0.3 is 0 Å². The van der Waals surface area contributed by atoms with Gasteiger partial charge < -0.3 is 0 Å². The number of terminal acetylenes is 2. The van der Waals surface area contributed by atoms with Gasteiger partial charge in [0.25, 0.3) is 0 Å². The van der Waals surface area contributed by atoms with Crippen molar-refractivity contribution in [1.29, 1.82) is 0 Å². The molecule has 59 valence electrons. The topological polar surface area (TPSA) is 14.1 Å². The summed E-state index contributed by atoms with van der Waals surface area (Å²) in [6.07, 6.45) is 13.8. The molecule has 0 saturated heterocycles. The highest BCUT2D eigenvalue weighted by atomic mass is 14.8. The van der Waals surface area contributed by atoms with Gasteiger partial charge in [-0.3, -0.25) is 0 Å². The molecule has 0 spiro atoms. The van der Waals surface area contributed by atoms with Crippen molar-refractivity contribution in [2.75, 3.05) is 13.1 Å². The van der Waals surface area contributed by atoms with Crippen molar-refractivity contribution in [3.05, 3.63) is 0 Å². The molecule has 0 fully saturated rings. The van der Waals surface area contributed by atoms with Crippen molar-refractivity contribution < 1.29 is 0 Å². The van der Waals surface area contributed by atoms with Gasteiger partial charge in [-0.2, -0.15) is 0 Å². The van der Waals surface area contributed by atoms with Gasteiger partial charge in [0.15, 0.2) is 0 Å². The molecule has 11 heavy (non-hydrogen) atoms. The molecule has 0 bridgehead atoms. The van der Waals surface area contributed by atoms with Crippen LogP contribution in [0.4, 0.5) is 0 Å². The normalized spacial score (nSPS) is 8.55. The van der Waals surface area contributed by atoms with E-state index in [9.17, 15) is 0 Å². The zero-order valence-electron chi connectivity index (χ0n) is 6.84. The molecule has 1 nitrogen and oxygen atoms in total. The Morgan fingerprint density at radius 1 is 0.909 bits per heavy atom. The average Bonchev–Trinajstić information content (AvgIpc) is 2.03. The predicted molar refractivity (Wildman–Crippen MR) is 48.0 cm³/mol. The van der Waals surface area contributed by atoms with Gasteiger partial charge in [-0.05, 0) is 12.8 Å². The van der Waals surface area contributed by atoms with Crippen LogP contribution in [0.15, 0.2) is 0 Å². The fraction of sp³-hybridized carbons (Fsp3) is 0.600. The highest BCUT2D eigenvalue weighted by Gasteiger charge is 1.87. The molecule has 1 heteroatoms. The first-order valence-electron chi connectivity index (χ1n) is 3.92. The van der Waals surface area contributed by atoms with Crippen molar-refractivity contribution in [3.63, 3.8) is 0 Å². The minimum absolute atomic E-state index is 0.832. The fourth-order valence-corrected chi connectivity index (χ4v) is 0.698. The molecular weight excluding hydrogens is 134 g/mol. The lowest BCUT2D eigenvalue weighted by atomic mass is 10.3. The lowest BCUT2D eigenvalue weighted by Crippen LogP contribution is -2.07. The van der Waals surface area contributed by atoms with E-state index in [1.807, 2.05) is 0 Å². The molecule has 0 saturated carbocycles. The maximum absolute atomic E-state index is 5.07. The van der Waals surface area contributed by atoms with Crippen LogP contribution >= 0.6 is 0 Å². The highest BCUT2D eigenvalue weighted by Crippen LogP contribution is 1.87. The van der Waals surface area contributed by atoms with Gasteiger partial charge in [-0.15, -0.1) is 24.7 Å². The highest BCUT2D eigenvalue weighted by molar-refractivity contribution is 4.84. The zero-order valence-corrected chi connectivity index (χ0v) is 6.84. The zero-order chi connectivity index (χ0) is 8.36. The van der Waals surface area contributed by atoms with Gasteiger partial charge in [0.05, 0.1) is 0 Å². The fourth-order valence-electron chi connectivity index (χ4n) is 0.698. The van der Waals surface area contributed by atoms with Crippen LogP contribution in [0.25, 0.3) is 0 Å². The minimum Gasteiger partial charge on any atom is -0.242 e. The SMILES string of the molecule is C#CCCC[N]CCCC#C. The summed E-state index contributed by atoms with van der Waals surface area (Å²) in [5.41, 5.74) is 0. The smallest absolute Gasteiger partial charge is 0.0142 e. The van der Waals surface area contributed by atoms with Crippen molar-refractivity contribution in [2.45, 2.75) is 25.7 Å². The van der Waals surface area contributed by atoms with E-state index in [0.29, 0.717) is 0 Å². The summed E-state index contributed by atoms with van der Waals surface area (Å²) in [6, 6.07) is 0. The van der Waals surface area contributed by atoms with Crippen LogP contribution in [0, 0.1) is 24.7 Å². The Bertz CT molecular complexity index is 129. The molecule has 0 aromatic carbocycles. The van der Waals surface area contributed by atoms with Crippen LogP contribution in [0.3, 0.4) is 0 Å². The van der Waals surface area contributed by atoms with E-state index in [0.717, 1.165) is 38.8 Å². The second-order valence-electron chi connectivity index (χ2n) is 2.29. The van der Waals surface area contributed by atoms with Gasteiger partial charge in [-0.1, -0.05) is 0 Å². The lowest BCUT2D eigenvalue weighted by molar-refractivity contribution is 0.624. The van der Waals surface area contributed by atoms with E-state index >= 15 is 0 Å². The van der Waals surface area contributed by atoms with E-state index in [4.69, 9.17) is 12.8 Å². The van der Waals surface area contributed by atoms with E-state index in [2.05, 4.69) is 17.2 Å². The lowest BCUT2D eigenvalue weighted by Gasteiger charge is -1.97. The third-order valence-electron chi connectivity index (χ3n) is 1.27. The molecule has 0 aromatic rings. The largest absolute Gasteiger partial charge is 0.242 e. The second kappa shape index (κ2) is 9.08. The predicted octanol–water partition coefficient (Wildman–Crippen LogP) is 1.42. The van der Waals surface area contributed by atoms with Crippen LogP contribution in [-0.2, 0) is 0 Å². The average molecular weight is 148 g/mol. The Kier molecular flexibility index (Phi) is 8.32. The summed E-state index contributed by atoms with van der Waals surface area (Å²) in [5, 5.41) is 4.26. The van der Waals surface area contributed by atoms with Crippen LogP contribution < -0.4 is 5.32 Å². The quantitative estimate of drug-likeness (QED) is 0.399. The van der Waals surface area contributed by atoms with Gasteiger partial charge in [0.2, 0.25) is 0 Å². The Morgan fingerprint density at radius 2 is 1.36 bits per heavy atom. The molecule has 0 aliphatic rings. The first kappa shape index (κ1) is 10.1. The third-order valence-corrected chi connectivity index (χ3v) is 1.27. The van der Waals surface area contributed by atoms with Gasteiger partial charge in [-0.25, -0.2) is 5.32 Å². The molecular formula is C10H14N. The number of hydrogen-bond acceptors (Lipinski definition) is 0. The van der Waals surface area contributed by atoms with Crippen molar-refractivity contribution >= 4 is 0 Å². The summed E-state index contributed by atoms with van der Waals surface area (Å²) >= 11 is 0. The van der Waals surface area contributed by atoms with E-state index in [1.165, 1.54) is 0 Å². The van der Waals surface area contributed by atoms with Gasteiger partial charge in [0, 0.05) is 25.9 Å². The van der Waals surface area contributed by atoms with Crippen LogP contribution in [0.2, 0.25) is 0 Å². The number of nitrogens with zero attached hydrogens (tertiary/aromatic N) is 1. The Balaban J connectivity index is 2.82. The Hall–Kier alpha value is -0.920. The summed E-state index contributed by atoms with van der Waals surface area (Å²) in [7, 11) is 0. The Labute approximate surface area is 69.6 Å². The van der Waals surface area contributed by atoms with E-state index < -0.39 is 0 Å². The maximum atomic E-state index is 5.07. The molecule has 0 atom stereocenters. The van der Waals surface area contributed by atoms with Crippen molar-refractivity contribution in [3.8, 4) is 24.7 Å². The molecule has 0 unspecified atom stereocenters. The molecule has 0 aliphatic heterocycles. The molecule has 0 amide bonds. The van der Waals surface area contributed by atoms with E-state index in [-0.39, 0.29) is 0 Å².